The molecule has 0 atom stereocenters. The molecule has 168 valence electrons. The summed E-state index contributed by atoms with van der Waals surface area (Å²) in [6, 6.07) is 12.4. The standard InChI is InChI=1S/C23H20N4O5S/c1-13-9-15-10-18-19(32-8-7-31-18)11-17(15)27-21(13)25-26-23(27)33-12-20(28)24-16-5-3-14(4-6-16)22(29)30-2/h3-6,9-11H,7-8,12H2,1-2H3,(H,24,28). The van der Waals surface area contributed by atoms with Gasteiger partial charge in [-0.05, 0) is 48.9 Å². The third-order valence-electron chi connectivity index (χ3n) is 5.21. The number of aryl methyl sites for hydroxylation is 1. The molecule has 33 heavy (non-hydrogen) atoms. The van der Waals surface area contributed by atoms with Crippen molar-refractivity contribution < 1.29 is 23.8 Å². The Balaban J connectivity index is 1.37. The summed E-state index contributed by atoms with van der Waals surface area (Å²) in [6.07, 6.45) is 0. The van der Waals surface area contributed by atoms with Crippen LogP contribution in [-0.4, -0.2) is 52.6 Å². The van der Waals surface area contributed by atoms with E-state index in [1.165, 1.54) is 18.9 Å². The molecule has 0 saturated carbocycles. The molecule has 4 aromatic rings. The molecule has 1 amide bonds. The number of fused-ring (bicyclic) bond motifs is 4. The Morgan fingerprint density at radius 1 is 1.09 bits per heavy atom. The van der Waals surface area contributed by atoms with Crippen LogP contribution >= 0.6 is 11.8 Å². The molecule has 0 unspecified atom stereocenters. The van der Waals surface area contributed by atoms with Crippen molar-refractivity contribution in [2.75, 3.05) is 31.4 Å². The zero-order valence-corrected chi connectivity index (χ0v) is 18.8. The first-order chi connectivity index (χ1) is 16.0. The van der Waals surface area contributed by atoms with Crippen molar-refractivity contribution in [3.05, 3.63) is 53.6 Å². The predicted molar refractivity (Wildman–Crippen MR) is 123 cm³/mol. The molecule has 0 fully saturated rings. The highest BCUT2D eigenvalue weighted by Gasteiger charge is 2.18. The first kappa shape index (κ1) is 21.1. The molecule has 0 aliphatic carbocycles. The van der Waals surface area contributed by atoms with E-state index in [-0.39, 0.29) is 11.7 Å². The number of hydrogen-bond acceptors (Lipinski definition) is 8. The molecule has 0 bridgehead atoms. The Morgan fingerprint density at radius 3 is 2.55 bits per heavy atom. The van der Waals surface area contributed by atoms with E-state index in [1.807, 2.05) is 29.5 Å². The normalized spacial score (nSPS) is 12.7. The van der Waals surface area contributed by atoms with Crippen molar-refractivity contribution in [2.45, 2.75) is 12.1 Å². The smallest absolute Gasteiger partial charge is 0.337 e. The number of aromatic nitrogens is 3. The SMILES string of the molecule is COC(=O)c1ccc(NC(=O)CSc2nnc3c(C)cc4cc5c(cc4n23)OCCO5)cc1. The van der Waals surface area contributed by atoms with Gasteiger partial charge in [0, 0.05) is 17.1 Å². The van der Waals surface area contributed by atoms with Gasteiger partial charge in [0.15, 0.2) is 22.3 Å². The molecular formula is C23H20N4O5S. The van der Waals surface area contributed by atoms with E-state index in [0.29, 0.717) is 41.1 Å². The lowest BCUT2D eigenvalue weighted by Crippen LogP contribution is -2.15. The zero-order valence-electron chi connectivity index (χ0n) is 18.0. The van der Waals surface area contributed by atoms with E-state index in [2.05, 4.69) is 20.3 Å². The average molecular weight is 465 g/mol. The fourth-order valence-corrected chi connectivity index (χ4v) is 4.42. The highest BCUT2D eigenvalue weighted by molar-refractivity contribution is 7.99. The summed E-state index contributed by atoms with van der Waals surface area (Å²) >= 11 is 1.29. The van der Waals surface area contributed by atoms with E-state index in [0.717, 1.165) is 22.1 Å². The Bertz CT molecular complexity index is 1380. The average Bonchev–Trinajstić information content (AvgIpc) is 3.27. The Labute approximate surface area is 193 Å². The van der Waals surface area contributed by atoms with Crippen molar-refractivity contribution in [3.63, 3.8) is 0 Å². The van der Waals surface area contributed by atoms with Crippen molar-refractivity contribution in [2.24, 2.45) is 0 Å². The number of ether oxygens (including phenoxy) is 3. The minimum atomic E-state index is -0.428. The molecule has 0 spiro atoms. The van der Waals surface area contributed by atoms with Crippen LogP contribution in [0.4, 0.5) is 5.69 Å². The van der Waals surface area contributed by atoms with Crippen molar-refractivity contribution in [3.8, 4) is 11.5 Å². The Hall–Kier alpha value is -3.79. The predicted octanol–water partition coefficient (Wildman–Crippen LogP) is 3.48. The number of thioether (sulfide) groups is 1. The van der Waals surface area contributed by atoms with Gasteiger partial charge in [-0.2, -0.15) is 0 Å². The number of amides is 1. The maximum Gasteiger partial charge on any atom is 0.337 e. The lowest BCUT2D eigenvalue weighted by atomic mass is 10.1. The fraction of sp³-hybridized carbons (Fsp3) is 0.217. The monoisotopic (exact) mass is 464 g/mol. The van der Waals surface area contributed by atoms with Crippen molar-refractivity contribution in [1.29, 1.82) is 0 Å². The maximum atomic E-state index is 12.5. The Kier molecular flexibility index (Phi) is 5.51. The van der Waals surface area contributed by atoms with Gasteiger partial charge >= 0.3 is 5.97 Å². The van der Waals surface area contributed by atoms with Crippen LogP contribution in [0.25, 0.3) is 16.6 Å². The zero-order chi connectivity index (χ0) is 22.9. The number of benzene rings is 2. The number of pyridine rings is 1. The fourth-order valence-electron chi connectivity index (χ4n) is 3.67. The van der Waals surface area contributed by atoms with Crippen LogP contribution in [0, 0.1) is 6.92 Å². The van der Waals surface area contributed by atoms with Gasteiger partial charge in [-0.15, -0.1) is 10.2 Å². The summed E-state index contributed by atoms with van der Waals surface area (Å²) in [5.74, 6) is 0.903. The molecule has 1 aliphatic rings. The van der Waals surface area contributed by atoms with Gasteiger partial charge in [-0.3, -0.25) is 9.20 Å². The molecule has 2 aromatic carbocycles. The number of rotatable bonds is 5. The third-order valence-corrected chi connectivity index (χ3v) is 6.14. The van der Waals surface area contributed by atoms with Gasteiger partial charge in [0.25, 0.3) is 0 Å². The quantitative estimate of drug-likeness (QED) is 0.354. The maximum absolute atomic E-state index is 12.5. The van der Waals surface area contributed by atoms with E-state index in [9.17, 15) is 9.59 Å². The third kappa shape index (κ3) is 4.05. The van der Waals surface area contributed by atoms with Gasteiger partial charge in [0.2, 0.25) is 5.91 Å². The van der Waals surface area contributed by atoms with Gasteiger partial charge in [-0.25, -0.2) is 4.79 Å². The lowest BCUT2D eigenvalue weighted by Gasteiger charge is -2.19. The van der Waals surface area contributed by atoms with E-state index in [4.69, 9.17) is 9.47 Å². The van der Waals surface area contributed by atoms with Gasteiger partial charge in [-0.1, -0.05) is 11.8 Å². The Morgan fingerprint density at radius 2 is 1.82 bits per heavy atom. The van der Waals surface area contributed by atoms with Crippen LogP contribution in [0.5, 0.6) is 11.5 Å². The molecule has 2 aromatic heterocycles. The number of nitrogens with zero attached hydrogens (tertiary/aromatic N) is 3. The van der Waals surface area contributed by atoms with Crippen LogP contribution in [0.15, 0.2) is 47.6 Å². The molecule has 0 saturated heterocycles. The number of hydrogen-bond donors (Lipinski definition) is 1. The molecule has 3 heterocycles. The molecule has 0 radical (unpaired) electrons. The molecule has 10 heteroatoms. The number of esters is 1. The number of nitrogens with one attached hydrogen (secondary N) is 1. The minimum absolute atomic E-state index is 0.138. The number of anilines is 1. The van der Waals surface area contributed by atoms with Crippen LogP contribution in [0.2, 0.25) is 0 Å². The van der Waals surface area contributed by atoms with Crippen molar-refractivity contribution >= 4 is 45.9 Å². The summed E-state index contributed by atoms with van der Waals surface area (Å²) in [5.41, 5.74) is 3.57. The molecule has 9 nitrogen and oxygen atoms in total. The number of carbonyl (C=O) groups is 2. The summed E-state index contributed by atoms with van der Waals surface area (Å²) in [5, 5.41) is 13.0. The summed E-state index contributed by atoms with van der Waals surface area (Å²) in [4.78, 5) is 24.1. The number of carbonyl (C=O) groups excluding carboxylic acids is 2. The van der Waals surface area contributed by atoms with E-state index >= 15 is 0 Å². The summed E-state index contributed by atoms with van der Waals surface area (Å²) < 4.78 is 18.1. The van der Waals surface area contributed by atoms with Crippen LogP contribution in [0.1, 0.15) is 15.9 Å². The second-order valence-corrected chi connectivity index (χ2v) is 8.37. The first-order valence-corrected chi connectivity index (χ1v) is 11.2. The highest BCUT2D eigenvalue weighted by atomic mass is 32.2. The van der Waals surface area contributed by atoms with Gasteiger partial charge in [0.05, 0.1) is 23.9 Å². The molecule has 1 N–H and O–H groups in total. The minimum Gasteiger partial charge on any atom is -0.486 e. The van der Waals surface area contributed by atoms with Gasteiger partial charge < -0.3 is 19.5 Å². The van der Waals surface area contributed by atoms with E-state index < -0.39 is 5.97 Å². The van der Waals surface area contributed by atoms with E-state index in [1.54, 1.807) is 24.3 Å². The van der Waals surface area contributed by atoms with Crippen LogP contribution in [-0.2, 0) is 9.53 Å². The molecular weight excluding hydrogens is 444 g/mol. The topological polar surface area (TPSA) is 104 Å². The summed E-state index contributed by atoms with van der Waals surface area (Å²) in [6.45, 7) is 2.99. The first-order valence-electron chi connectivity index (χ1n) is 10.2. The largest absolute Gasteiger partial charge is 0.486 e. The highest BCUT2D eigenvalue weighted by Crippen LogP contribution is 2.36. The summed E-state index contributed by atoms with van der Waals surface area (Å²) in [7, 11) is 1.32. The lowest BCUT2D eigenvalue weighted by molar-refractivity contribution is -0.113. The second kappa shape index (κ2) is 8.62. The molecule has 1 aliphatic heterocycles. The van der Waals surface area contributed by atoms with Crippen molar-refractivity contribution in [1.82, 2.24) is 14.6 Å². The molecule has 5 rings (SSSR count). The van der Waals surface area contributed by atoms with Crippen LogP contribution in [0.3, 0.4) is 0 Å². The number of methoxy groups -OCH3 is 1. The second-order valence-electron chi connectivity index (χ2n) is 7.43. The van der Waals surface area contributed by atoms with Gasteiger partial charge in [0.1, 0.15) is 13.2 Å². The van der Waals surface area contributed by atoms with Crippen LogP contribution < -0.4 is 14.8 Å².